The summed E-state index contributed by atoms with van der Waals surface area (Å²) in [6.07, 6.45) is 4.24. The van der Waals surface area contributed by atoms with Crippen LogP contribution in [0.25, 0.3) is 0 Å². The Morgan fingerprint density at radius 1 is 1.38 bits per heavy atom. The standard InChI is InChI=1S/C19H24N4O3/c1-26-16-4-2-3-14(9-16)5-6-19(25)22-17-11-23(10-15(17)12-24)18-7-8-20-13-21-18/h2-4,7-9,13,15,17,24H,5-6,10-12H2,1H3,(H,22,25). The first-order valence-corrected chi connectivity index (χ1v) is 8.73. The maximum Gasteiger partial charge on any atom is 0.220 e. The Morgan fingerprint density at radius 2 is 2.27 bits per heavy atom. The van der Waals surface area contributed by atoms with E-state index in [0.717, 1.165) is 17.1 Å². The second kappa shape index (κ2) is 8.62. The zero-order valence-corrected chi connectivity index (χ0v) is 14.8. The number of hydrogen-bond donors (Lipinski definition) is 2. The lowest BCUT2D eigenvalue weighted by Crippen LogP contribution is -2.41. The van der Waals surface area contributed by atoms with Crippen molar-refractivity contribution in [2.75, 3.05) is 31.7 Å². The van der Waals surface area contributed by atoms with E-state index in [1.54, 1.807) is 13.3 Å². The Balaban J connectivity index is 1.54. The summed E-state index contributed by atoms with van der Waals surface area (Å²) < 4.78 is 5.21. The van der Waals surface area contributed by atoms with Gasteiger partial charge >= 0.3 is 0 Å². The predicted octanol–water partition coefficient (Wildman–Crippen LogP) is 1.03. The van der Waals surface area contributed by atoms with Crippen LogP contribution in [-0.2, 0) is 11.2 Å². The Bertz CT molecular complexity index is 726. The van der Waals surface area contributed by atoms with E-state index < -0.39 is 0 Å². The van der Waals surface area contributed by atoms with Gasteiger partial charge in [-0.05, 0) is 30.2 Å². The first kappa shape index (κ1) is 18.1. The zero-order valence-electron chi connectivity index (χ0n) is 14.8. The van der Waals surface area contributed by atoms with Crippen molar-refractivity contribution in [2.24, 2.45) is 5.92 Å². The van der Waals surface area contributed by atoms with Crippen LogP contribution in [0.4, 0.5) is 5.82 Å². The summed E-state index contributed by atoms with van der Waals surface area (Å²) in [4.78, 5) is 22.6. The molecule has 3 rings (SSSR count). The Kier molecular flexibility index (Phi) is 6.01. The number of aliphatic hydroxyl groups excluding tert-OH is 1. The minimum absolute atomic E-state index is 0.00858. The summed E-state index contributed by atoms with van der Waals surface area (Å²) in [5.41, 5.74) is 1.06. The first-order valence-electron chi connectivity index (χ1n) is 8.73. The molecule has 1 aromatic carbocycles. The molecule has 0 radical (unpaired) electrons. The van der Waals surface area contributed by atoms with Gasteiger partial charge in [-0.15, -0.1) is 0 Å². The molecule has 1 aliphatic rings. The highest BCUT2D eigenvalue weighted by molar-refractivity contribution is 5.76. The molecule has 1 saturated heterocycles. The van der Waals surface area contributed by atoms with Crippen molar-refractivity contribution < 1.29 is 14.6 Å². The van der Waals surface area contributed by atoms with E-state index in [4.69, 9.17) is 4.74 Å². The summed E-state index contributed by atoms with van der Waals surface area (Å²) in [6, 6.07) is 9.48. The van der Waals surface area contributed by atoms with Gasteiger partial charge in [0, 0.05) is 38.2 Å². The second-order valence-electron chi connectivity index (χ2n) is 6.44. The maximum atomic E-state index is 12.4. The fourth-order valence-electron chi connectivity index (χ4n) is 3.24. The average molecular weight is 356 g/mol. The van der Waals surface area contributed by atoms with Crippen LogP contribution in [0.15, 0.2) is 42.9 Å². The summed E-state index contributed by atoms with van der Waals surface area (Å²) in [6.45, 7) is 1.32. The lowest BCUT2D eigenvalue weighted by Gasteiger charge is -2.18. The number of ether oxygens (including phenoxy) is 1. The summed E-state index contributed by atoms with van der Waals surface area (Å²) in [5.74, 6) is 1.58. The number of anilines is 1. The number of rotatable bonds is 7. The topological polar surface area (TPSA) is 87.6 Å². The van der Waals surface area contributed by atoms with E-state index in [1.807, 2.05) is 30.3 Å². The van der Waals surface area contributed by atoms with Crippen LogP contribution in [0.2, 0.25) is 0 Å². The normalized spacial score (nSPS) is 19.4. The molecule has 26 heavy (non-hydrogen) atoms. The molecular formula is C19H24N4O3. The zero-order chi connectivity index (χ0) is 18.4. The molecule has 2 N–H and O–H groups in total. The third kappa shape index (κ3) is 4.49. The molecule has 1 aromatic heterocycles. The van der Waals surface area contributed by atoms with Crippen LogP contribution < -0.4 is 15.0 Å². The SMILES string of the molecule is COc1cccc(CCC(=O)NC2CN(c3ccncn3)CC2CO)c1. The third-order valence-electron chi connectivity index (χ3n) is 4.69. The van der Waals surface area contributed by atoms with Crippen LogP contribution in [0.5, 0.6) is 5.75 Å². The van der Waals surface area contributed by atoms with Gasteiger partial charge < -0.3 is 20.1 Å². The van der Waals surface area contributed by atoms with Crippen molar-refractivity contribution in [3.8, 4) is 5.75 Å². The first-order chi connectivity index (χ1) is 12.7. The molecule has 0 saturated carbocycles. The van der Waals surface area contributed by atoms with E-state index >= 15 is 0 Å². The second-order valence-corrected chi connectivity index (χ2v) is 6.44. The number of benzene rings is 1. The van der Waals surface area contributed by atoms with Gasteiger partial charge in [0.15, 0.2) is 0 Å². The van der Waals surface area contributed by atoms with E-state index in [-0.39, 0.29) is 24.5 Å². The summed E-state index contributed by atoms with van der Waals surface area (Å²) in [7, 11) is 1.63. The van der Waals surface area contributed by atoms with Gasteiger partial charge in [0.1, 0.15) is 17.9 Å². The van der Waals surface area contributed by atoms with Gasteiger partial charge in [0.05, 0.1) is 13.2 Å². The van der Waals surface area contributed by atoms with E-state index in [2.05, 4.69) is 20.2 Å². The molecule has 0 spiro atoms. The molecule has 2 aromatic rings. The smallest absolute Gasteiger partial charge is 0.220 e. The molecule has 7 heteroatoms. The molecule has 2 atom stereocenters. The predicted molar refractivity (Wildman–Crippen MR) is 98.1 cm³/mol. The number of amides is 1. The Morgan fingerprint density at radius 3 is 3.00 bits per heavy atom. The van der Waals surface area contributed by atoms with E-state index in [1.165, 1.54) is 6.33 Å². The van der Waals surface area contributed by atoms with E-state index in [9.17, 15) is 9.90 Å². The van der Waals surface area contributed by atoms with Crippen molar-refractivity contribution in [3.63, 3.8) is 0 Å². The van der Waals surface area contributed by atoms with Crippen LogP contribution in [0.3, 0.4) is 0 Å². The highest BCUT2D eigenvalue weighted by Gasteiger charge is 2.33. The highest BCUT2D eigenvalue weighted by Crippen LogP contribution is 2.22. The Labute approximate surface area is 153 Å². The number of aromatic nitrogens is 2. The van der Waals surface area contributed by atoms with Gasteiger partial charge in [-0.1, -0.05) is 12.1 Å². The van der Waals surface area contributed by atoms with Gasteiger partial charge in [0.25, 0.3) is 0 Å². The summed E-state index contributed by atoms with van der Waals surface area (Å²) >= 11 is 0. The van der Waals surface area contributed by atoms with Gasteiger partial charge in [0.2, 0.25) is 5.91 Å². The molecule has 7 nitrogen and oxygen atoms in total. The largest absolute Gasteiger partial charge is 0.497 e. The number of hydrogen-bond acceptors (Lipinski definition) is 6. The van der Waals surface area contributed by atoms with Crippen molar-refractivity contribution in [2.45, 2.75) is 18.9 Å². The third-order valence-corrected chi connectivity index (χ3v) is 4.69. The van der Waals surface area contributed by atoms with Crippen molar-refractivity contribution in [1.82, 2.24) is 15.3 Å². The van der Waals surface area contributed by atoms with Gasteiger partial charge in [-0.3, -0.25) is 4.79 Å². The quantitative estimate of drug-likeness (QED) is 0.771. The minimum Gasteiger partial charge on any atom is -0.497 e. The number of aliphatic hydroxyl groups is 1. The summed E-state index contributed by atoms with van der Waals surface area (Å²) in [5, 5.41) is 12.7. The lowest BCUT2D eigenvalue weighted by molar-refractivity contribution is -0.121. The number of carbonyl (C=O) groups is 1. The van der Waals surface area contributed by atoms with Gasteiger partial charge in [-0.25, -0.2) is 9.97 Å². The van der Waals surface area contributed by atoms with Gasteiger partial charge in [-0.2, -0.15) is 0 Å². The molecule has 1 amide bonds. The Hall–Kier alpha value is -2.67. The fraction of sp³-hybridized carbons (Fsp3) is 0.421. The van der Waals surface area contributed by atoms with Crippen LogP contribution in [0, 0.1) is 5.92 Å². The van der Waals surface area contributed by atoms with Crippen LogP contribution in [-0.4, -0.2) is 53.8 Å². The highest BCUT2D eigenvalue weighted by atomic mass is 16.5. The minimum atomic E-state index is -0.0900. The molecule has 2 unspecified atom stereocenters. The number of nitrogens with one attached hydrogen (secondary N) is 1. The number of aryl methyl sites for hydroxylation is 1. The fourth-order valence-corrected chi connectivity index (χ4v) is 3.24. The van der Waals surface area contributed by atoms with Crippen molar-refractivity contribution in [3.05, 3.63) is 48.4 Å². The molecule has 0 bridgehead atoms. The van der Waals surface area contributed by atoms with Crippen LogP contribution in [0.1, 0.15) is 12.0 Å². The number of methoxy groups -OCH3 is 1. The van der Waals surface area contributed by atoms with E-state index in [0.29, 0.717) is 25.9 Å². The molecule has 0 aliphatic carbocycles. The monoisotopic (exact) mass is 356 g/mol. The molecule has 138 valence electrons. The lowest BCUT2D eigenvalue weighted by atomic mass is 10.0. The van der Waals surface area contributed by atoms with Crippen molar-refractivity contribution in [1.29, 1.82) is 0 Å². The average Bonchev–Trinajstić information content (AvgIpc) is 3.10. The molecule has 2 heterocycles. The number of carbonyl (C=O) groups excluding carboxylic acids is 1. The molecular weight excluding hydrogens is 332 g/mol. The van der Waals surface area contributed by atoms with Crippen LogP contribution >= 0.6 is 0 Å². The molecule has 1 fully saturated rings. The van der Waals surface area contributed by atoms with Crippen molar-refractivity contribution >= 4 is 11.7 Å². The maximum absolute atomic E-state index is 12.4. The number of nitrogens with zero attached hydrogens (tertiary/aromatic N) is 3. The molecule has 1 aliphatic heterocycles.